The Kier molecular flexibility index (Phi) is 12.3. The first kappa shape index (κ1) is 42.8. The number of nitrogens with one attached hydrogen (secondary N) is 1. The van der Waals surface area contributed by atoms with Gasteiger partial charge in [0.2, 0.25) is 5.91 Å². The second-order valence-corrected chi connectivity index (χ2v) is 18.0. The highest BCUT2D eigenvalue weighted by Crippen LogP contribution is 2.72. The zero-order chi connectivity index (χ0) is 41.5. The molecule has 3 saturated carbocycles. The van der Waals surface area contributed by atoms with Crippen molar-refractivity contribution < 1.29 is 57.2 Å². The predicted molar refractivity (Wildman–Crippen MR) is 204 cm³/mol. The van der Waals surface area contributed by atoms with Gasteiger partial charge in [0.25, 0.3) is 0 Å². The molecule has 304 valence electrons. The molecule has 11 nitrogen and oxygen atoms in total. The third-order valence-electron chi connectivity index (χ3n) is 12.8. The maximum absolute atomic E-state index is 17.7. The van der Waals surface area contributed by atoms with Crippen molar-refractivity contribution in [2.75, 3.05) is 19.4 Å². The lowest BCUT2D eigenvalue weighted by Crippen LogP contribution is -2.70. The van der Waals surface area contributed by atoms with E-state index in [1.807, 2.05) is 54.8 Å². The molecular weight excluding hydrogens is 781 g/mol. The van der Waals surface area contributed by atoms with E-state index < -0.39 is 76.8 Å². The van der Waals surface area contributed by atoms with Crippen LogP contribution in [0.25, 0.3) is 0 Å². The summed E-state index contributed by atoms with van der Waals surface area (Å²) in [4.78, 5) is 68.7. The average Bonchev–Trinajstić information content (AvgIpc) is 3.69. The molecule has 0 bridgehead atoms. The standard InChI is InChI=1S/C41H45F2NO8S2.CO2/c1-22(53-4)36(50)44-20-26(47)14-23-6-5-7-28(15-23)54-27-10-8-24(9-11-27)37-51-35-18-29-30-17-32(42)31-16-25(46)12-13-38(31,2)40(30,43)33(48)19-39(29,3)41(35,52-37)34(49)21-45;2-1-3/h5-13,15-16,22,29-30,32-33,35,37,45,48H,14,17-21H2,1-4H3,(H,44,50);/t22?,29-,30-,32-,33-,35+,37+,38-,39-,40-,41+;/m0./s1. The van der Waals surface area contributed by atoms with Crippen molar-refractivity contribution in [1.29, 1.82) is 0 Å². The highest BCUT2D eigenvalue weighted by molar-refractivity contribution is 8.00. The van der Waals surface area contributed by atoms with E-state index >= 15 is 8.78 Å². The summed E-state index contributed by atoms with van der Waals surface area (Å²) in [7, 11) is 0. The normalized spacial score (nSPS) is 35.2. The Bertz CT molecular complexity index is 2020. The molecule has 0 aromatic heterocycles. The van der Waals surface area contributed by atoms with Crippen LogP contribution in [-0.2, 0) is 44.7 Å². The number of fused-ring (bicyclic) bond motifs is 7. The van der Waals surface area contributed by atoms with E-state index in [1.54, 1.807) is 13.8 Å². The van der Waals surface area contributed by atoms with Crippen molar-refractivity contribution in [1.82, 2.24) is 5.32 Å². The number of amides is 1. The number of ether oxygens (including phenoxy) is 2. The van der Waals surface area contributed by atoms with Crippen molar-refractivity contribution in [3.05, 3.63) is 83.5 Å². The molecule has 3 N–H and O–H groups in total. The number of carbonyl (C=O) groups excluding carboxylic acids is 6. The Morgan fingerprint density at radius 1 is 1.07 bits per heavy atom. The number of carbonyl (C=O) groups is 4. The van der Waals surface area contributed by atoms with Gasteiger partial charge in [-0.2, -0.15) is 21.4 Å². The highest BCUT2D eigenvalue weighted by atomic mass is 32.2. The van der Waals surface area contributed by atoms with E-state index in [-0.39, 0.29) is 60.9 Å². The number of allylic oxidation sites excluding steroid dienone is 4. The van der Waals surface area contributed by atoms with Gasteiger partial charge in [0.05, 0.1) is 24.0 Å². The lowest BCUT2D eigenvalue weighted by atomic mass is 9.44. The lowest BCUT2D eigenvalue weighted by Gasteiger charge is -2.63. The molecule has 1 amide bonds. The minimum absolute atomic E-state index is 0.0197. The van der Waals surface area contributed by atoms with Crippen LogP contribution >= 0.6 is 23.5 Å². The molecule has 15 heteroatoms. The largest absolute Gasteiger partial charge is 0.390 e. The molecule has 2 aromatic carbocycles. The Morgan fingerprint density at radius 3 is 2.44 bits per heavy atom. The zero-order valence-corrected chi connectivity index (χ0v) is 33.5. The number of aliphatic hydroxyl groups is 2. The smallest absolute Gasteiger partial charge is 0.373 e. The molecule has 0 radical (unpaired) electrons. The number of hydrogen-bond donors (Lipinski definition) is 3. The van der Waals surface area contributed by atoms with Gasteiger partial charge in [-0.15, -0.1) is 0 Å². The first-order valence-electron chi connectivity index (χ1n) is 18.6. The Morgan fingerprint density at radius 2 is 1.77 bits per heavy atom. The monoisotopic (exact) mass is 825 g/mol. The van der Waals surface area contributed by atoms with Crippen LogP contribution in [0.2, 0.25) is 0 Å². The summed E-state index contributed by atoms with van der Waals surface area (Å²) < 4.78 is 46.6. The summed E-state index contributed by atoms with van der Waals surface area (Å²) in [6.45, 7) is 4.17. The molecule has 1 heterocycles. The van der Waals surface area contributed by atoms with Gasteiger partial charge in [-0.25, -0.2) is 8.78 Å². The van der Waals surface area contributed by atoms with Gasteiger partial charge in [0.15, 0.2) is 34.9 Å². The third kappa shape index (κ3) is 7.19. The van der Waals surface area contributed by atoms with Gasteiger partial charge >= 0.3 is 6.15 Å². The molecule has 1 unspecified atom stereocenters. The zero-order valence-electron chi connectivity index (χ0n) is 31.9. The molecule has 0 spiro atoms. The Balaban J connectivity index is 0.00000177. The van der Waals surface area contributed by atoms with Gasteiger partial charge in [-0.3, -0.25) is 19.2 Å². The molecule has 57 heavy (non-hydrogen) atoms. The fourth-order valence-electron chi connectivity index (χ4n) is 9.99. The van der Waals surface area contributed by atoms with Crippen molar-refractivity contribution in [2.24, 2.45) is 22.7 Å². The predicted octanol–water partition coefficient (Wildman–Crippen LogP) is 4.88. The lowest BCUT2D eigenvalue weighted by molar-refractivity contribution is -0.235. The molecule has 1 aliphatic heterocycles. The number of halogens is 2. The molecule has 5 aliphatic rings. The Hall–Kier alpha value is -3.82. The molecule has 7 rings (SSSR count). The number of ketones is 3. The fourth-order valence-corrected chi connectivity index (χ4v) is 11.2. The second-order valence-electron chi connectivity index (χ2n) is 15.7. The number of hydrogen-bond acceptors (Lipinski definition) is 12. The van der Waals surface area contributed by atoms with Crippen molar-refractivity contribution in [2.45, 2.75) is 97.4 Å². The number of rotatable bonds is 11. The van der Waals surface area contributed by atoms with Crippen LogP contribution < -0.4 is 5.32 Å². The minimum Gasteiger partial charge on any atom is -0.390 e. The van der Waals surface area contributed by atoms with Crippen LogP contribution in [0.4, 0.5) is 8.78 Å². The van der Waals surface area contributed by atoms with E-state index in [1.165, 1.54) is 42.6 Å². The SMILES string of the molecule is CSC(C)C(=O)NCC(=O)Cc1cccc(Sc2ccc([C@@H]3O[C@@H]4C[C@H]5[C@@H]6C[C@H](F)C7=CC(=O)C=C[C@]7(C)[C@@]6(F)[C@@H](O)C[C@]5(C)[C@]4(C(=O)CO)O3)cc2)c1.O=C=O. The summed E-state index contributed by atoms with van der Waals surface area (Å²) in [6.07, 6.45) is 0.554. The molecule has 4 fully saturated rings. The summed E-state index contributed by atoms with van der Waals surface area (Å²) in [5.74, 6) is -3.00. The van der Waals surface area contributed by atoms with Crippen molar-refractivity contribution in [3.8, 4) is 0 Å². The van der Waals surface area contributed by atoms with E-state index in [0.717, 1.165) is 21.4 Å². The van der Waals surface area contributed by atoms with Gasteiger partial charge < -0.3 is 25.0 Å². The van der Waals surface area contributed by atoms with Crippen LogP contribution in [0.1, 0.15) is 57.5 Å². The van der Waals surface area contributed by atoms with E-state index in [4.69, 9.17) is 19.1 Å². The van der Waals surface area contributed by atoms with Gasteiger partial charge in [0, 0.05) is 38.5 Å². The minimum atomic E-state index is -2.32. The van der Waals surface area contributed by atoms with Crippen LogP contribution in [0.3, 0.4) is 0 Å². The number of thioether (sulfide) groups is 1. The average molecular weight is 826 g/mol. The van der Waals surface area contributed by atoms with Gasteiger partial charge in [-0.05, 0) is 92.8 Å². The molecule has 11 atom stereocenters. The third-order valence-corrected chi connectivity index (χ3v) is 14.7. The van der Waals surface area contributed by atoms with Crippen LogP contribution in [0.5, 0.6) is 0 Å². The first-order valence-corrected chi connectivity index (χ1v) is 20.7. The quantitative estimate of drug-likeness (QED) is 0.281. The summed E-state index contributed by atoms with van der Waals surface area (Å²) in [5, 5.41) is 24.5. The maximum atomic E-state index is 17.7. The van der Waals surface area contributed by atoms with Crippen LogP contribution in [0, 0.1) is 22.7 Å². The van der Waals surface area contributed by atoms with Crippen LogP contribution in [-0.4, -0.2) is 93.9 Å². The molecular formula is C42H45F2NO10S2. The number of aliphatic hydroxyl groups excluding tert-OH is 2. The maximum Gasteiger partial charge on any atom is 0.373 e. The van der Waals surface area contributed by atoms with Crippen LogP contribution in [0.15, 0.2) is 82.1 Å². The van der Waals surface area contributed by atoms with Crippen molar-refractivity contribution in [3.63, 3.8) is 0 Å². The van der Waals surface area contributed by atoms with E-state index in [0.29, 0.717) is 5.56 Å². The first-order chi connectivity index (χ1) is 27.0. The number of alkyl halides is 2. The van der Waals surface area contributed by atoms with Gasteiger partial charge in [0.1, 0.15) is 12.8 Å². The van der Waals surface area contributed by atoms with E-state index in [2.05, 4.69) is 5.32 Å². The number of benzene rings is 2. The molecule has 2 aromatic rings. The molecule has 1 saturated heterocycles. The summed E-state index contributed by atoms with van der Waals surface area (Å²) in [6, 6.07) is 15.0. The molecule has 4 aliphatic carbocycles. The number of Topliss-reactive ketones (excluding diaryl/α,β-unsaturated/α-hetero) is 2. The Labute approximate surface area is 337 Å². The highest BCUT2D eigenvalue weighted by Gasteiger charge is 2.80. The fraction of sp³-hybridized carbons (Fsp3) is 0.500. The summed E-state index contributed by atoms with van der Waals surface area (Å²) in [5.41, 5.74) is -5.36. The topological polar surface area (TPSA) is 173 Å². The summed E-state index contributed by atoms with van der Waals surface area (Å²) >= 11 is 2.90. The second kappa shape index (κ2) is 16.4. The van der Waals surface area contributed by atoms with Crippen molar-refractivity contribution >= 4 is 52.9 Å². The van der Waals surface area contributed by atoms with E-state index in [9.17, 15) is 29.4 Å². The van der Waals surface area contributed by atoms with Gasteiger partial charge in [-0.1, -0.05) is 49.0 Å².